The SMILES string of the molecule is COc1cc(C#CC2=NC(/C=C/C3CCN(C(=O)/C=C/CN(C)C)C3)C(N)=C2C(N)=O)cc(OC)c1. The van der Waals surface area contributed by atoms with E-state index in [9.17, 15) is 9.59 Å². The second kappa shape index (κ2) is 12.1. The fraction of sp³-hybridized carbons (Fsp3) is 0.370. The Kier molecular flexibility index (Phi) is 8.92. The Labute approximate surface area is 212 Å². The lowest BCUT2D eigenvalue weighted by Gasteiger charge is -2.13. The molecule has 2 atom stereocenters. The summed E-state index contributed by atoms with van der Waals surface area (Å²) in [5, 5.41) is 0. The van der Waals surface area contributed by atoms with Crippen LogP contribution in [0.4, 0.5) is 0 Å². The monoisotopic (exact) mass is 491 g/mol. The maximum atomic E-state index is 12.4. The van der Waals surface area contributed by atoms with Gasteiger partial charge in [0, 0.05) is 37.3 Å². The van der Waals surface area contributed by atoms with Crippen molar-refractivity contribution >= 4 is 17.5 Å². The molecule has 9 nitrogen and oxygen atoms in total. The van der Waals surface area contributed by atoms with E-state index in [0.29, 0.717) is 36.7 Å². The molecule has 2 amide bonds. The largest absolute Gasteiger partial charge is 0.497 e. The molecule has 0 aromatic heterocycles. The summed E-state index contributed by atoms with van der Waals surface area (Å²) >= 11 is 0. The summed E-state index contributed by atoms with van der Waals surface area (Å²) in [4.78, 5) is 32.8. The van der Waals surface area contributed by atoms with Gasteiger partial charge in [-0.2, -0.15) is 0 Å². The number of aliphatic imine (C=N–C) groups is 1. The molecule has 4 N–H and O–H groups in total. The molecule has 2 aliphatic heterocycles. The molecule has 3 rings (SSSR count). The van der Waals surface area contributed by atoms with Crippen LogP contribution in [0.15, 0.2) is 58.8 Å². The molecule has 190 valence electrons. The van der Waals surface area contributed by atoms with E-state index >= 15 is 0 Å². The molecule has 0 spiro atoms. The molecule has 0 radical (unpaired) electrons. The van der Waals surface area contributed by atoms with Crippen molar-refractivity contribution in [3.05, 3.63) is 59.3 Å². The fourth-order valence-electron chi connectivity index (χ4n) is 3.95. The van der Waals surface area contributed by atoms with Gasteiger partial charge in [-0.1, -0.05) is 24.1 Å². The van der Waals surface area contributed by atoms with Gasteiger partial charge in [-0.05, 0) is 44.5 Å². The summed E-state index contributed by atoms with van der Waals surface area (Å²) in [5.74, 6) is 6.60. The predicted molar refractivity (Wildman–Crippen MR) is 140 cm³/mol. The van der Waals surface area contributed by atoms with Crippen LogP contribution in [0.2, 0.25) is 0 Å². The molecule has 9 heteroatoms. The number of methoxy groups -OCH3 is 2. The number of amides is 2. The van der Waals surface area contributed by atoms with Crippen LogP contribution in [-0.4, -0.2) is 81.3 Å². The lowest BCUT2D eigenvalue weighted by atomic mass is 10.0. The molecule has 0 bridgehead atoms. The molecule has 0 aliphatic carbocycles. The maximum absolute atomic E-state index is 12.4. The number of likely N-dealkylation sites (tertiary alicyclic amines) is 1. The van der Waals surface area contributed by atoms with Crippen LogP contribution in [0.5, 0.6) is 11.5 Å². The number of nitrogens with zero attached hydrogens (tertiary/aromatic N) is 3. The van der Waals surface area contributed by atoms with E-state index in [1.165, 1.54) is 0 Å². The zero-order valence-corrected chi connectivity index (χ0v) is 21.2. The maximum Gasteiger partial charge on any atom is 0.253 e. The second-order valence-electron chi connectivity index (χ2n) is 8.85. The quantitative estimate of drug-likeness (QED) is 0.319. The Hall–Kier alpha value is -4.03. The Balaban J connectivity index is 1.73. The van der Waals surface area contributed by atoms with Crippen molar-refractivity contribution in [2.24, 2.45) is 22.4 Å². The van der Waals surface area contributed by atoms with Crippen LogP contribution in [0.3, 0.4) is 0 Å². The number of carbonyl (C=O) groups is 2. The predicted octanol–water partition coefficient (Wildman–Crippen LogP) is 1.10. The molecule has 36 heavy (non-hydrogen) atoms. The Morgan fingerprint density at radius 1 is 1.17 bits per heavy atom. The van der Waals surface area contributed by atoms with E-state index in [-0.39, 0.29) is 28.8 Å². The van der Waals surface area contributed by atoms with Crippen LogP contribution in [0.25, 0.3) is 0 Å². The Bertz CT molecular complexity index is 1160. The zero-order valence-electron chi connectivity index (χ0n) is 21.2. The Morgan fingerprint density at radius 2 is 1.86 bits per heavy atom. The van der Waals surface area contributed by atoms with Crippen LogP contribution in [-0.2, 0) is 9.59 Å². The minimum Gasteiger partial charge on any atom is -0.497 e. The molecule has 2 aliphatic rings. The van der Waals surface area contributed by atoms with Crippen molar-refractivity contribution in [1.82, 2.24) is 9.80 Å². The molecular weight excluding hydrogens is 458 g/mol. The van der Waals surface area contributed by atoms with Crippen molar-refractivity contribution in [3.8, 4) is 23.3 Å². The number of primary amides is 1. The number of rotatable bonds is 8. The summed E-state index contributed by atoms with van der Waals surface area (Å²) < 4.78 is 10.5. The summed E-state index contributed by atoms with van der Waals surface area (Å²) in [6, 6.07) is 4.70. The van der Waals surface area contributed by atoms with Crippen LogP contribution >= 0.6 is 0 Å². The summed E-state index contributed by atoms with van der Waals surface area (Å²) in [6.45, 7) is 2.02. The van der Waals surface area contributed by atoms with Crippen LogP contribution in [0, 0.1) is 17.8 Å². The van der Waals surface area contributed by atoms with Gasteiger partial charge in [-0.25, -0.2) is 0 Å². The topological polar surface area (TPSA) is 123 Å². The van der Waals surface area contributed by atoms with Crippen molar-refractivity contribution in [3.63, 3.8) is 0 Å². The van der Waals surface area contributed by atoms with E-state index in [4.69, 9.17) is 20.9 Å². The average Bonchev–Trinajstić information content (AvgIpc) is 3.45. The number of hydrogen-bond acceptors (Lipinski definition) is 7. The normalized spacial score (nSPS) is 19.7. The summed E-state index contributed by atoms with van der Waals surface area (Å²) in [5.41, 5.74) is 13.1. The molecule has 1 aromatic carbocycles. The standard InChI is InChI=1S/C27H33N5O4/c1-31(2)12-5-6-24(33)32-13-11-18(17-32)7-10-23-26(28)25(27(29)34)22(30-23)9-8-19-14-20(35-3)16-21(15-19)36-4/h5-7,10,14-16,18,23H,11-13,17,28H2,1-4H3,(H2,29,34)/b6-5+,10-7+. The highest BCUT2D eigenvalue weighted by atomic mass is 16.5. The first kappa shape index (κ1) is 26.6. The number of ether oxygens (including phenoxy) is 2. The van der Waals surface area contributed by atoms with E-state index in [0.717, 1.165) is 6.42 Å². The number of hydrogen-bond donors (Lipinski definition) is 2. The molecular formula is C27H33N5O4. The van der Waals surface area contributed by atoms with Gasteiger partial charge in [0.2, 0.25) is 5.91 Å². The third-order valence-electron chi connectivity index (χ3n) is 5.87. The molecule has 2 heterocycles. The lowest BCUT2D eigenvalue weighted by Crippen LogP contribution is -2.27. The van der Waals surface area contributed by atoms with Gasteiger partial charge in [0.1, 0.15) is 23.3 Å². The zero-order chi connectivity index (χ0) is 26.2. The van der Waals surface area contributed by atoms with E-state index in [1.54, 1.807) is 38.5 Å². The first-order valence-electron chi connectivity index (χ1n) is 11.6. The van der Waals surface area contributed by atoms with Crippen molar-refractivity contribution in [2.45, 2.75) is 12.5 Å². The number of benzene rings is 1. The molecule has 1 saturated heterocycles. The minimum atomic E-state index is -0.679. The smallest absolute Gasteiger partial charge is 0.253 e. The highest BCUT2D eigenvalue weighted by molar-refractivity contribution is 6.29. The van der Waals surface area contributed by atoms with Gasteiger partial charge >= 0.3 is 0 Å². The minimum absolute atomic E-state index is 0.00814. The van der Waals surface area contributed by atoms with Gasteiger partial charge < -0.3 is 30.7 Å². The lowest BCUT2D eigenvalue weighted by molar-refractivity contribution is -0.125. The third kappa shape index (κ3) is 6.77. The summed E-state index contributed by atoms with van der Waals surface area (Å²) in [7, 11) is 7.02. The molecule has 1 aromatic rings. The van der Waals surface area contributed by atoms with Gasteiger partial charge in [0.25, 0.3) is 5.91 Å². The van der Waals surface area contributed by atoms with Gasteiger partial charge in [-0.3, -0.25) is 14.6 Å². The van der Waals surface area contributed by atoms with E-state index in [1.807, 2.05) is 42.1 Å². The van der Waals surface area contributed by atoms with Gasteiger partial charge in [0.05, 0.1) is 25.5 Å². The van der Waals surface area contributed by atoms with Gasteiger partial charge in [-0.15, -0.1) is 0 Å². The second-order valence-corrected chi connectivity index (χ2v) is 8.85. The van der Waals surface area contributed by atoms with Crippen LogP contribution < -0.4 is 20.9 Å². The van der Waals surface area contributed by atoms with Gasteiger partial charge in [0.15, 0.2) is 0 Å². The fourth-order valence-corrected chi connectivity index (χ4v) is 3.95. The van der Waals surface area contributed by atoms with Crippen molar-refractivity contribution in [1.29, 1.82) is 0 Å². The van der Waals surface area contributed by atoms with E-state index < -0.39 is 11.9 Å². The van der Waals surface area contributed by atoms with Crippen molar-refractivity contribution in [2.75, 3.05) is 47.9 Å². The third-order valence-corrected chi connectivity index (χ3v) is 5.87. The highest BCUT2D eigenvalue weighted by Crippen LogP contribution is 2.24. The van der Waals surface area contributed by atoms with Crippen LogP contribution in [0.1, 0.15) is 12.0 Å². The molecule has 0 saturated carbocycles. The Morgan fingerprint density at radius 3 is 2.47 bits per heavy atom. The van der Waals surface area contributed by atoms with E-state index in [2.05, 4.69) is 16.8 Å². The first-order chi connectivity index (χ1) is 17.2. The number of nitrogens with two attached hydrogens (primary N) is 2. The molecule has 2 unspecified atom stereocenters. The average molecular weight is 492 g/mol. The molecule has 1 fully saturated rings. The van der Waals surface area contributed by atoms with Crippen molar-refractivity contribution < 1.29 is 19.1 Å². The number of likely N-dealkylation sites (N-methyl/N-ethyl adjacent to an activating group) is 1. The summed E-state index contributed by atoms with van der Waals surface area (Å²) in [6.07, 6.45) is 8.18. The first-order valence-corrected chi connectivity index (χ1v) is 11.6. The highest BCUT2D eigenvalue weighted by Gasteiger charge is 2.28. The number of carbonyl (C=O) groups excluding carboxylic acids is 2.